The Kier molecular flexibility index (Phi) is 3.71. The Labute approximate surface area is 79.2 Å². The maximum absolute atomic E-state index is 3.91. The second-order valence-electron chi connectivity index (χ2n) is 3.42. The number of H-pyrrole nitrogens is 1. The van der Waals surface area contributed by atoms with E-state index < -0.39 is 0 Å². The van der Waals surface area contributed by atoms with Crippen LogP contribution in [-0.4, -0.2) is 16.7 Å². The van der Waals surface area contributed by atoms with Crippen molar-refractivity contribution < 1.29 is 0 Å². The summed E-state index contributed by atoms with van der Waals surface area (Å²) in [6, 6.07) is 2.32. The lowest BCUT2D eigenvalue weighted by Gasteiger charge is -2.09. The topological polar surface area (TPSA) is 40.7 Å². The SMILES string of the molecule is CC(C)=CCNC(C)c1ccn[nH]1. The van der Waals surface area contributed by atoms with Gasteiger partial charge in [-0.1, -0.05) is 11.6 Å². The van der Waals surface area contributed by atoms with E-state index in [1.807, 2.05) is 6.07 Å². The van der Waals surface area contributed by atoms with E-state index in [1.54, 1.807) is 6.20 Å². The van der Waals surface area contributed by atoms with Crippen molar-refractivity contribution in [3.05, 3.63) is 29.6 Å². The fourth-order valence-corrected chi connectivity index (χ4v) is 1.06. The number of aromatic nitrogens is 2. The first-order chi connectivity index (χ1) is 6.20. The van der Waals surface area contributed by atoms with Gasteiger partial charge >= 0.3 is 0 Å². The van der Waals surface area contributed by atoms with Gasteiger partial charge in [0.1, 0.15) is 0 Å². The van der Waals surface area contributed by atoms with Crippen LogP contribution in [0.15, 0.2) is 23.9 Å². The van der Waals surface area contributed by atoms with Crippen LogP contribution >= 0.6 is 0 Å². The van der Waals surface area contributed by atoms with Crippen LogP contribution < -0.4 is 5.32 Å². The fraction of sp³-hybridized carbons (Fsp3) is 0.500. The molecule has 0 aliphatic carbocycles. The molecule has 1 atom stereocenters. The van der Waals surface area contributed by atoms with Crippen LogP contribution in [0, 0.1) is 0 Å². The van der Waals surface area contributed by atoms with Crippen LogP contribution in [0.1, 0.15) is 32.5 Å². The van der Waals surface area contributed by atoms with Gasteiger partial charge in [-0.15, -0.1) is 0 Å². The summed E-state index contributed by atoms with van der Waals surface area (Å²) in [6.45, 7) is 7.22. The van der Waals surface area contributed by atoms with Crippen molar-refractivity contribution in [1.82, 2.24) is 15.5 Å². The average molecular weight is 179 g/mol. The smallest absolute Gasteiger partial charge is 0.0518 e. The third-order valence-electron chi connectivity index (χ3n) is 1.92. The summed E-state index contributed by atoms with van der Waals surface area (Å²) in [5.41, 5.74) is 2.46. The fourth-order valence-electron chi connectivity index (χ4n) is 1.06. The third kappa shape index (κ3) is 3.42. The van der Waals surface area contributed by atoms with Crippen molar-refractivity contribution in [2.24, 2.45) is 0 Å². The Balaban J connectivity index is 2.34. The van der Waals surface area contributed by atoms with Crippen LogP contribution in [0.3, 0.4) is 0 Å². The summed E-state index contributed by atoms with van der Waals surface area (Å²) in [6.07, 6.45) is 3.95. The van der Waals surface area contributed by atoms with Crippen molar-refractivity contribution >= 4 is 0 Å². The molecule has 0 aliphatic rings. The Bertz CT molecular complexity index is 258. The Hall–Kier alpha value is -1.09. The van der Waals surface area contributed by atoms with Gasteiger partial charge in [-0.25, -0.2) is 0 Å². The van der Waals surface area contributed by atoms with E-state index in [9.17, 15) is 0 Å². The van der Waals surface area contributed by atoms with Gasteiger partial charge in [-0.2, -0.15) is 5.10 Å². The van der Waals surface area contributed by atoms with Gasteiger partial charge in [-0.05, 0) is 26.8 Å². The van der Waals surface area contributed by atoms with E-state index in [2.05, 4.69) is 42.4 Å². The predicted molar refractivity (Wildman–Crippen MR) is 54.4 cm³/mol. The summed E-state index contributed by atoms with van der Waals surface area (Å²) in [7, 11) is 0. The Morgan fingerprint density at radius 1 is 1.69 bits per heavy atom. The molecule has 13 heavy (non-hydrogen) atoms. The molecule has 0 aliphatic heterocycles. The number of aromatic amines is 1. The Morgan fingerprint density at radius 2 is 2.46 bits per heavy atom. The Morgan fingerprint density at radius 3 is 3.00 bits per heavy atom. The van der Waals surface area contributed by atoms with Gasteiger partial charge in [0.25, 0.3) is 0 Å². The van der Waals surface area contributed by atoms with Crippen molar-refractivity contribution in [2.45, 2.75) is 26.8 Å². The van der Waals surface area contributed by atoms with E-state index in [0.29, 0.717) is 6.04 Å². The minimum atomic E-state index is 0.332. The predicted octanol–water partition coefficient (Wildman–Crippen LogP) is 2.03. The average Bonchev–Trinajstić information content (AvgIpc) is 2.55. The molecule has 2 N–H and O–H groups in total. The number of hydrogen-bond donors (Lipinski definition) is 2. The lowest BCUT2D eigenvalue weighted by molar-refractivity contribution is 0.598. The van der Waals surface area contributed by atoms with Gasteiger partial charge in [0.05, 0.1) is 5.69 Å². The first-order valence-corrected chi connectivity index (χ1v) is 4.56. The molecule has 0 fully saturated rings. The first kappa shape index (κ1) is 9.99. The molecule has 0 radical (unpaired) electrons. The lowest BCUT2D eigenvalue weighted by Crippen LogP contribution is -2.18. The lowest BCUT2D eigenvalue weighted by atomic mass is 10.2. The highest BCUT2D eigenvalue weighted by Gasteiger charge is 2.03. The molecule has 0 spiro atoms. The molecule has 1 rings (SSSR count). The van der Waals surface area contributed by atoms with E-state index in [1.165, 1.54) is 5.57 Å². The van der Waals surface area contributed by atoms with Gasteiger partial charge in [-0.3, -0.25) is 5.10 Å². The van der Waals surface area contributed by atoms with Gasteiger partial charge in [0, 0.05) is 18.8 Å². The highest BCUT2D eigenvalue weighted by atomic mass is 15.1. The molecule has 1 aromatic heterocycles. The van der Waals surface area contributed by atoms with Gasteiger partial charge in [0.15, 0.2) is 0 Å². The zero-order valence-corrected chi connectivity index (χ0v) is 8.46. The minimum absolute atomic E-state index is 0.332. The molecule has 3 heteroatoms. The van der Waals surface area contributed by atoms with Crippen molar-refractivity contribution in [3.8, 4) is 0 Å². The molecule has 1 unspecified atom stereocenters. The molecule has 0 bridgehead atoms. The molecule has 1 aromatic rings. The van der Waals surface area contributed by atoms with E-state index in [-0.39, 0.29) is 0 Å². The number of nitrogens with zero attached hydrogens (tertiary/aromatic N) is 1. The van der Waals surface area contributed by atoms with Crippen LogP contribution in [0.4, 0.5) is 0 Å². The highest BCUT2D eigenvalue weighted by molar-refractivity contribution is 5.04. The molecule has 0 saturated heterocycles. The van der Waals surface area contributed by atoms with Gasteiger partial charge < -0.3 is 5.32 Å². The number of rotatable bonds is 4. The molecule has 0 saturated carbocycles. The molecular formula is C10H17N3. The number of allylic oxidation sites excluding steroid dienone is 1. The number of hydrogen-bond acceptors (Lipinski definition) is 2. The molecule has 1 heterocycles. The summed E-state index contributed by atoms with van der Waals surface area (Å²) in [5.74, 6) is 0. The van der Waals surface area contributed by atoms with Crippen LogP contribution in [-0.2, 0) is 0 Å². The normalized spacial score (nSPS) is 12.5. The van der Waals surface area contributed by atoms with Crippen molar-refractivity contribution in [1.29, 1.82) is 0 Å². The van der Waals surface area contributed by atoms with E-state index >= 15 is 0 Å². The van der Waals surface area contributed by atoms with Crippen molar-refractivity contribution in [3.63, 3.8) is 0 Å². The largest absolute Gasteiger partial charge is 0.305 e. The first-order valence-electron chi connectivity index (χ1n) is 4.56. The maximum atomic E-state index is 3.91. The van der Waals surface area contributed by atoms with E-state index in [4.69, 9.17) is 0 Å². The summed E-state index contributed by atoms with van der Waals surface area (Å²) in [4.78, 5) is 0. The van der Waals surface area contributed by atoms with Crippen molar-refractivity contribution in [2.75, 3.05) is 6.54 Å². The highest BCUT2D eigenvalue weighted by Crippen LogP contribution is 2.06. The summed E-state index contributed by atoms with van der Waals surface area (Å²) >= 11 is 0. The molecule has 3 nitrogen and oxygen atoms in total. The maximum Gasteiger partial charge on any atom is 0.0518 e. The van der Waals surface area contributed by atoms with Crippen LogP contribution in [0.2, 0.25) is 0 Å². The minimum Gasteiger partial charge on any atom is -0.305 e. The second-order valence-corrected chi connectivity index (χ2v) is 3.42. The summed E-state index contributed by atoms with van der Waals surface area (Å²) in [5, 5.41) is 10.2. The summed E-state index contributed by atoms with van der Waals surface area (Å²) < 4.78 is 0. The second kappa shape index (κ2) is 4.82. The molecule has 0 aromatic carbocycles. The van der Waals surface area contributed by atoms with Gasteiger partial charge in [0.2, 0.25) is 0 Å². The third-order valence-corrected chi connectivity index (χ3v) is 1.92. The molecule has 72 valence electrons. The monoisotopic (exact) mass is 179 g/mol. The van der Waals surface area contributed by atoms with Crippen LogP contribution in [0.5, 0.6) is 0 Å². The number of nitrogens with one attached hydrogen (secondary N) is 2. The standard InChI is InChI=1S/C10H17N3/c1-8(2)4-6-11-9(3)10-5-7-12-13-10/h4-5,7,9,11H,6H2,1-3H3,(H,12,13). The van der Waals surface area contributed by atoms with Crippen LogP contribution in [0.25, 0.3) is 0 Å². The van der Waals surface area contributed by atoms with E-state index in [0.717, 1.165) is 12.2 Å². The molecular weight excluding hydrogens is 162 g/mol. The zero-order valence-electron chi connectivity index (χ0n) is 8.46. The molecule has 0 amide bonds. The quantitative estimate of drug-likeness (QED) is 0.694. The zero-order chi connectivity index (χ0) is 9.68.